The number of aryl methyl sites for hydroxylation is 1. The molecule has 0 spiro atoms. The molecule has 2 rings (SSSR count). The SMILES string of the molecule is Cc1ccc(-c2noc(C(N)CCS(C)(=O)=O)n2)cc1Br. The molecule has 0 aliphatic carbocycles. The van der Waals surface area contributed by atoms with Crippen molar-refractivity contribution < 1.29 is 12.9 Å². The monoisotopic (exact) mass is 373 g/mol. The smallest absolute Gasteiger partial charge is 0.243 e. The first-order valence-electron chi connectivity index (χ1n) is 6.30. The summed E-state index contributed by atoms with van der Waals surface area (Å²) in [7, 11) is -3.06. The van der Waals surface area contributed by atoms with Crippen LogP contribution in [-0.2, 0) is 9.84 Å². The van der Waals surface area contributed by atoms with Crippen LogP contribution in [0.1, 0.15) is 23.9 Å². The lowest BCUT2D eigenvalue weighted by atomic mass is 10.1. The molecule has 0 aliphatic heterocycles. The Morgan fingerprint density at radius 1 is 1.43 bits per heavy atom. The van der Waals surface area contributed by atoms with Crippen LogP contribution in [0.5, 0.6) is 0 Å². The number of nitrogens with zero attached hydrogens (tertiary/aromatic N) is 2. The number of hydrogen-bond acceptors (Lipinski definition) is 6. The summed E-state index contributed by atoms with van der Waals surface area (Å²) in [6.45, 7) is 1.98. The van der Waals surface area contributed by atoms with Crippen molar-refractivity contribution in [3.63, 3.8) is 0 Å². The quantitative estimate of drug-likeness (QED) is 0.862. The molecule has 1 heterocycles. The molecule has 8 heteroatoms. The van der Waals surface area contributed by atoms with Gasteiger partial charge in [0.15, 0.2) is 0 Å². The van der Waals surface area contributed by atoms with E-state index in [-0.39, 0.29) is 18.1 Å². The Hall–Kier alpha value is -1.25. The van der Waals surface area contributed by atoms with Gasteiger partial charge in [0.05, 0.1) is 11.8 Å². The molecule has 0 saturated heterocycles. The number of sulfone groups is 1. The fourth-order valence-electron chi connectivity index (χ4n) is 1.70. The molecule has 0 radical (unpaired) electrons. The van der Waals surface area contributed by atoms with Crippen LogP contribution >= 0.6 is 15.9 Å². The first kappa shape index (κ1) is 16.1. The van der Waals surface area contributed by atoms with Crippen LogP contribution in [0.25, 0.3) is 11.4 Å². The molecule has 1 aromatic heterocycles. The van der Waals surface area contributed by atoms with E-state index in [9.17, 15) is 8.42 Å². The summed E-state index contributed by atoms with van der Waals surface area (Å²) < 4.78 is 28.3. The third kappa shape index (κ3) is 4.36. The van der Waals surface area contributed by atoms with Gasteiger partial charge in [-0.2, -0.15) is 4.98 Å². The van der Waals surface area contributed by atoms with Crippen molar-refractivity contribution in [2.75, 3.05) is 12.0 Å². The second kappa shape index (κ2) is 6.25. The molecule has 0 saturated carbocycles. The predicted octanol–water partition coefficient (Wildman–Crippen LogP) is 2.24. The van der Waals surface area contributed by atoms with E-state index in [0.717, 1.165) is 15.6 Å². The molecule has 2 aromatic rings. The van der Waals surface area contributed by atoms with Crippen molar-refractivity contribution in [1.29, 1.82) is 0 Å². The molecule has 1 unspecified atom stereocenters. The normalized spacial score (nSPS) is 13.3. The number of nitrogens with two attached hydrogens (primary N) is 1. The largest absolute Gasteiger partial charge is 0.337 e. The molecule has 2 N–H and O–H groups in total. The minimum Gasteiger partial charge on any atom is -0.337 e. The summed E-state index contributed by atoms with van der Waals surface area (Å²) >= 11 is 3.45. The molecular weight excluding hydrogens is 358 g/mol. The van der Waals surface area contributed by atoms with E-state index in [4.69, 9.17) is 10.3 Å². The summed E-state index contributed by atoms with van der Waals surface area (Å²) in [4.78, 5) is 4.23. The van der Waals surface area contributed by atoms with Crippen LogP contribution in [-0.4, -0.2) is 30.6 Å². The van der Waals surface area contributed by atoms with Crippen molar-refractivity contribution in [2.45, 2.75) is 19.4 Å². The molecular formula is C13H16BrN3O3S. The van der Waals surface area contributed by atoms with Gasteiger partial charge in [0.1, 0.15) is 9.84 Å². The topological polar surface area (TPSA) is 99.1 Å². The lowest BCUT2D eigenvalue weighted by Gasteiger charge is -2.04. The molecule has 21 heavy (non-hydrogen) atoms. The minimum absolute atomic E-state index is 0.0119. The van der Waals surface area contributed by atoms with Crippen LogP contribution < -0.4 is 5.73 Å². The Morgan fingerprint density at radius 2 is 2.14 bits per heavy atom. The van der Waals surface area contributed by atoms with Gasteiger partial charge in [-0.1, -0.05) is 33.2 Å². The number of rotatable bonds is 5. The Balaban J connectivity index is 2.15. The second-order valence-electron chi connectivity index (χ2n) is 4.95. The molecule has 6 nitrogen and oxygen atoms in total. The Kier molecular flexibility index (Phi) is 4.80. The standard InChI is InChI=1S/C13H16BrN3O3S/c1-8-3-4-9(7-10(8)14)12-16-13(20-17-12)11(15)5-6-21(2,18)19/h3-4,7,11H,5-6,15H2,1-2H3. The van der Waals surface area contributed by atoms with Gasteiger partial charge < -0.3 is 10.3 Å². The highest BCUT2D eigenvalue weighted by molar-refractivity contribution is 9.10. The lowest BCUT2D eigenvalue weighted by molar-refractivity contribution is 0.352. The molecule has 1 aromatic carbocycles. The van der Waals surface area contributed by atoms with E-state index in [1.54, 1.807) is 0 Å². The minimum atomic E-state index is -3.06. The number of benzene rings is 1. The second-order valence-corrected chi connectivity index (χ2v) is 8.06. The zero-order valence-corrected chi connectivity index (χ0v) is 14.1. The van der Waals surface area contributed by atoms with E-state index in [2.05, 4.69) is 26.1 Å². The Bertz CT molecular complexity index is 743. The third-order valence-electron chi connectivity index (χ3n) is 2.99. The van der Waals surface area contributed by atoms with Crippen molar-refractivity contribution in [1.82, 2.24) is 10.1 Å². The van der Waals surface area contributed by atoms with Crippen molar-refractivity contribution >= 4 is 25.8 Å². The van der Waals surface area contributed by atoms with Crippen molar-refractivity contribution in [3.8, 4) is 11.4 Å². The fraction of sp³-hybridized carbons (Fsp3) is 0.385. The van der Waals surface area contributed by atoms with E-state index >= 15 is 0 Å². The number of hydrogen-bond donors (Lipinski definition) is 1. The number of halogens is 1. The summed E-state index contributed by atoms with van der Waals surface area (Å²) in [6.07, 6.45) is 1.42. The molecule has 0 bridgehead atoms. The van der Waals surface area contributed by atoms with Crippen LogP contribution in [0.15, 0.2) is 27.2 Å². The zero-order valence-electron chi connectivity index (χ0n) is 11.7. The first-order valence-corrected chi connectivity index (χ1v) is 9.15. The van der Waals surface area contributed by atoms with Gasteiger partial charge in [-0.15, -0.1) is 0 Å². The first-order chi connectivity index (χ1) is 9.76. The van der Waals surface area contributed by atoms with E-state index < -0.39 is 15.9 Å². The summed E-state index contributed by atoms with van der Waals surface area (Å²) in [5.41, 5.74) is 7.79. The fourth-order valence-corrected chi connectivity index (χ4v) is 2.76. The lowest BCUT2D eigenvalue weighted by Crippen LogP contribution is -2.16. The summed E-state index contributed by atoms with van der Waals surface area (Å²) in [5, 5.41) is 3.89. The van der Waals surface area contributed by atoms with Gasteiger partial charge in [0, 0.05) is 16.3 Å². The maximum absolute atomic E-state index is 11.1. The average molecular weight is 374 g/mol. The van der Waals surface area contributed by atoms with E-state index in [0.29, 0.717) is 5.82 Å². The van der Waals surface area contributed by atoms with Gasteiger partial charge in [-0.3, -0.25) is 0 Å². The average Bonchev–Trinajstić information content (AvgIpc) is 2.88. The molecule has 0 amide bonds. The highest BCUT2D eigenvalue weighted by Gasteiger charge is 2.17. The van der Waals surface area contributed by atoms with Gasteiger partial charge in [0.25, 0.3) is 0 Å². The van der Waals surface area contributed by atoms with Gasteiger partial charge in [-0.05, 0) is 25.0 Å². The highest BCUT2D eigenvalue weighted by atomic mass is 79.9. The molecule has 1 atom stereocenters. The van der Waals surface area contributed by atoms with Crippen LogP contribution in [0.4, 0.5) is 0 Å². The van der Waals surface area contributed by atoms with E-state index in [1.807, 2.05) is 25.1 Å². The van der Waals surface area contributed by atoms with E-state index in [1.165, 1.54) is 6.26 Å². The maximum Gasteiger partial charge on any atom is 0.243 e. The predicted molar refractivity (Wildman–Crippen MR) is 83.4 cm³/mol. The van der Waals surface area contributed by atoms with Crippen molar-refractivity contribution in [2.24, 2.45) is 5.73 Å². The Morgan fingerprint density at radius 3 is 2.76 bits per heavy atom. The third-order valence-corrected chi connectivity index (χ3v) is 4.82. The maximum atomic E-state index is 11.1. The van der Waals surface area contributed by atoms with Crippen molar-refractivity contribution in [3.05, 3.63) is 34.1 Å². The summed E-state index contributed by atoms with van der Waals surface area (Å²) in [6, 6.07) is 5.14. The van der Waals surface area contributed by atoms with Gasteiger partial charge in [0.2, 0.25) is 11.7 Å². The van der Waals surface area contributed by atoms with Gasteiger partial charge >= 0.3 is 0 Å². The van der Waals surface area contributed by atoms with Crippen LogP contribution in [0, 0.1) is 6.92 Å². The van der Waals surface area contributed by atoms with Gasteiger partial charge in [-0.25, -0.2) is 8.42 Å². The number of aromatic nitrogens is 2. The van der Waals surface area contributed by atoms with Crippen LogP contribution in [0.3, 0.4) is 0 Å². The summed E-state index contributed by atoms with van der Waals surface area (Å²) in [5.74, 6) is 0.660. The van der Waals surface area contributed by atoms with Crippen LogP contribution in [0.2, 0.25) is 0 Å². The highest BCUT2D eigenvalue weighted by Crippen LogP contribution is 2.24. The zero-order chi connectivity index (χ0) is 15.6. The molecule has 0 fully saturated rings. The molecule has 114 valence electrons. The Labute approximate surface area is 131 Å². The molecule has 0 aliphatic rings.